The second-order valence-electron chi connectivity index (χ2n) is 2.45. The molecular formula is C6H9Cl2NO. The van der Waals surface area contributed by atoms with E-state index in [0.717, 1.165) is 12.8 Å². The molecular weight excluding hydrogens is 173 g/mol. The van der Waals surface area contributed by atoms with Crippen LogP contribution in [0.5, 0.6) is 0 Å². The van der Waals surface area contributed by atoms with Crippen LogP contribution in [0.2, 0.25) is 0 Å². The lowest BCUT2D eigenvalue weighted by Crippen LogP contribution is -2.37. The summed E-state index contributed by atoms with van der Waals surface area (Å²) in [4.78, 5) is 10.6. The number of hydrogen-bond acceptors (Lipinski definition) is 2. The highest BCUT2D eigenvalue weighted by atomic mass is 35.5. The Morgan fingerprint density at radius 3 is 2.60 bits per heavy atom. The van der Waals surface area contributed by atoms with Crippen LogP contribution < -0.4 is 5.32 Å². The first-order chi connectivity index (χ1) is 4.70. The van der Waals surface area contributed by atoms with Crippen molar-refractivity contribution in [2.75, 3.05) is 6.54 Å². The summed E-state index contributed by atoms with van der Waals surface area (Å²) in [5.41, 5.74) is 0.0206. The quantitative estimate of drug-likeness (QED) is 0.376. The van der Waals surface area contributed by atoms with Crippen LogP contribution in [0.1, 0.15) is 12.8 Å². The summed E-state index contributed by atoms with van der Waals surface area (Å²) in [6, 6.07) is 0. The minimum atomic E-state index is -0.254. The molecule has 10 heavy (non-hydrogen) atoms. The Kier molecular flexibility index (Phi) is 2.96. The smallest absolute Gasteiger partial charge is 0.225 e. The van der Waals surface area contributed by atoms with Crippen molar-refractivity contribution >= 4 is 28.4 Å². The molecule has 1 saturated heterocycles. The number of nitrogens with one attached hydrogen (secondary N) is 1. The molecule has 2 atom stereocenters. The van der Waals surface area contributed by atoms with Gasteiger partial charge in [0.15, 0.2) is 0 Å². The van der Waals surface area contributed by atoms with Crippen molar-refractivity contribution in [3.05, 3.63) is 0 Å². The Bertz CT molecular complexity index is 132. The molecule has 4 heteroatoms. The van der Waals surface area contributed by atoms with Crippen LogP contribution in [0.4, 0.5) is 0 Å². The lowest BCUT2D eigenvalue weighted by Gasteiger charge is -2.23. The van der Waals surface area contributed by atoms with E-state index in [4.69, 9.17) is 23.2 Å². The average molecular weight is 182 g/mol. The molecule has 1 N–H and O–H groups in total. The van der Waals surface area contributed by atoms with Gasteiger partial charge in [-0.3, -0.25) is 4.79 Å². The highest BCUT2D eigenvalue weighted by molar-refractivity contribution is 6.64. The van der Waals surface area contributed by atoms with Crippen LogP contribution in [0.3, 0.4) is 0 Å². The van der Waals surface area contributed by atoms with Crippen molar-refractivity contribution in [1.82, 2.24) is 5.32 Å². The molecule has 1 heterocycles. The van der Waals surface area contributed by atoms with E-state index in [0.29, 0.717) is 6.54 Å². The van der Waals surface area contributed by atoms with Gasteiger partial charge >= 0.3 is 0 Å². The molecule has 1 aliphatic rings. The summed E-state index contributed by atoms with van der Waals surface area (Å²) in [6.45, 7) is 0.622. The third kappa shape index (κ3) is 2.11. The molecule has 58 valence electrons. The third-order valence-corrected chi connectivity index (χ3v) is 2.36. The van der Waals surface area contributed by atoms with Gasteiger partial charge in [0.25, 0.3) is 0 Å². The Morgan fingerprint density at radius 1 is 1.50 bits per heavy atom. The Morgan fingerprint density at radius 2 is 2.20 bits per heavy atom. The predicted molar refractivity (Wildman–Crippen MR) is 41.2 cm³/mol. The molecule has 0 radical (unpaired) electrons. The topological polar surface area (TPSA) is 29.1 Å². The average Bonchev–Trinajstić information content (AvgIpc) is 1.88. The molecule has 0 saturated carbocycles. The summed E-state index contributed by atoms with van der Waals surface area (Å²) in [6.07, 6.45) is 1.63. The minimum Gasteiger partial charge on any atom is -0.301 e. The van der Waals surface area contributed by atoms with Crippen molar-refractivity contribution in [2.45, 2.75) is 18.3 Å². The largest absolute Gasteiger partial charge is 0.301 e. The van der Waals surface area contributed by atoms with E-state index in [9.17, 15) is 4.79 Å². The summed E-state index contributed by atoms with van der Waals surface area (Å²) < 4.78 is 0. The molecule has 1 rings (SSSR count). The summed E-state index contributed by atoms with van der Waals surface area (Å²) >= 11 is 11.0. The van der Waals surface area contributed by atoms with Gasteiger partial charge in [-0.05, 0) is 24.4 Å². The second kappa shape index (κ2) is 3.56. The van der Waals surface area contributed by atoms with Crippen molar-refractivity contribution in [3.8, 4) is 0 Å². The maximum Gasteiger partial charge on any atom is 0.225 e. The van der Waals surface area contributed by atoms with Crippen LogP contribution in [-0.4, -0.2) is 17.3 Å². The van der Waals surface area contributed by atoms with Crippen LogP contribution in [0, 0.1) is 5.92 Å². The highest BCUT2D eigenvalue weighted by Gasteiger charge is 2.22. The van der Waals surface area contributed by atoms with Crippen LogP contribution in [0.15, 0.2) is 0 Å². The first kappa shape index (κ1) is 8.31. The molecule has 0 bridgehead atoms. The van der Waals surface area contributed by atoms with E-state index in [1.54, 1.807) is 0 Å². The van der Waals surface area contributed by atoms with Gasteiger partial charge in [0.2, 0.25) is 5.24 Å². The fourth-order valence-corrected chi connectivity index (χ4v) is 1.42. The van der Waals surface area contributed by atoms with Crippen molar-refractivity contribution in [2.24, 2.45) is 5.92 Å². The zero-order valence-electron chi connectivity index (χ0n) is 5.44. The number of piperidine rings is 1. The molecule has 0 spiro atoms. The molecule has 1 fully saturated rings. The van der Waals surface area contributed by atoms with Crippen LogP contribution in [-0.2, 0) is 4.79 Å². The number of carbonyl (C=O) groups is 1. The van der Waals surface area contributed by atoms with Gasteiger partial charge in [0.05, 0.1) is 5.50 Å². The zero-order valence-corrected chi connectivity index (χ0v) is 6.95. The van der Waals surface area contributed by atoms with E-state index >= 15 is 0 Å². The van der Waals surface area contributed by atoms with Crippen LogP contribution in [0.25, 0.3) is 0 Å². The van der Waals surface area contributed by atoms with Crippen molar-refractivity contribution < 1.29 is 4.79 Å². The van der Waals surface area contributed by atoms with Crippen molar-refractivity contribution in [1.29, 1.82) is 0 Å². The molecule has 0 amide bonds. The lowest BCUT2D eigenvalue weighted by molar-refractivity contribution is -0.115. The molecule has 2 unspecified atom stereocenters. The highest BCUT2D eigenvalue weighted by Crippen LogP contribution is 2.18. The second-order valence-corrected chi connectivity index (χ2v) is 3.35. The van der Waals surface area contributed by atoms with E-state index < -0.39 is 0 Å². The normalized spacial score (nSPS) is 33.8. The van der Waals surface area contributed by atoms with Gasteiger partial charge in [0, 0.05) is 12.5 Å². The first-order valence-electron chi connectivity index (χ1n) is 3.27. The molecule has 0 aromatic carbocycles. The van der Waals surface area contributed by atoms with E-state index in [1.165, 1.54) is 0 Å². The van der Waals surface area contributed by atoms with Gasteiger partial charge in [-0.15, -0.1) is 11.6 Å². The standard InChI is InChI=1S/C6H9Cl2NO/c7-5-2-1-4(3-9-5)6(8)10/h4-5,9H,1-3H2. The maximum absolute atomic E-state index is 10.6. The molecule has 0 aromatic rings. The number of halogens is 2. The zero-order chi connectivity index (χ0) is 7.56. The lowest BCUT2D eigenvalue weighted by atomic mass is 10.0. The molecule has 1 aliphatic heterocycles. The fraction of sp³-hybridized carbons (Fsp3) is 0.833. The van der Waals surface area contributed by atoms with E-state index in [2.05, 4.69) is 5.32 Å². The summed E-state index contributed by atoms with van der Waals surface area (Å²) in [7, 11) is 0. The molecule has 2 nitrogen and oxygen atoms in total. The Hall–Kier alpha value is 0.210. The molecule has 0 aromatic heterocycles. The number of alkyl halides is 1. The third-order valence-electron chi connectivity index (χ3n) is 1.68. The summed E-state index contributed by atoms with van der Waals surface area (Å²) in [5.74, 6) is -0.0309. The monoisotopic (exact) mass is 181 g/mol. The molecule has 0 aliphatic carbocycles. The van der Waals surface area contributed by atoms with E-state index in [-0.39, 0.29) is 16.7 Å². The number of rotatable bonds is 1. The van der Waals surface area contributed by atoms with Gasteiger partial charge in [-0.25, -0.2) is 0 Å². The van der Waals surface area contributed by atoms with Gasteiger partial charge in [-0.2, -0.15) is 0 Å². The van der Waals surface area contributed by atoms with Gasteiger partial charge in [0.1, 0.15) is 0 Å². The maximum atomic E-state index is 10.6. The number of carbonyl (C=O) groups excluding carboxylic acids is 1. The first-order valence-corrected chi connectivity index (χ1v) is 4.08. The Balaban J connectivity index is 2.33. The van der Waals surface area contributed by atoms with Gasteiger partial charge in [-0.1, -0.05) is 0 Å². The van der Waals surface area contributed by atoms with Crippen molar-refractivity contribution in [3.63, 3.8) is 0 Å². The van der Waals surface area contributed by atoms with Crippen LogP contribution >= 0.6 is 23.2 Å². The SMILES string of the molecule is O=C(Cl)C1CCC(Cl)NC1. The predicted octanol–water partition coefficient (Wildman–Crippen LogP) is 1.32. The Labute approximate surface area is 69.9 Å². The fourth-order valence-electron chi connectivity index (χ4n) is 1.02. The number of hydrogen-bond donors (Lipinski definition) is 1. The summed E-state index contributed by atoms with van der Waals surface area (Å²) in [5, 5.41) is 2.72. The minimum absolute atomic E-state index is 0.0206. The van der Waals surface area contributed by atoms with E-state index in [1.807, 2.05) is 0 Å². The van der Waals surface area contributed by atoms with Gasteiger partial charge < -0.3 is 5.32 Å².